The van der Waals surface area contributed by atoms with Crippen LogP contribution in [0, 0.1) is 0 Å². The van der Waals surface area contributed by atoms with Gasteiger partial charge in [-0.15, -0.1) is 6.58 Å². The van der Waals surface area contributed by atoms with E-state index in [1.807, 2.05) is 37.3 Å². The molecule has 0 atom stereocenters. The highest BCUT2D eigenvalue weighted by atomic mass is 16.7. The number of carbonyl (C=O) groups excluding carboxylic acids is 1. The van der Waals surface area contributed by atoms with E-state index in [0.29, 0.717) is 6.61 Å². The van der Waals surface area contributed by atoms with Crippen LogP contribution in [0.1, 0.15) is 25.3 Å². The van der Waals surface area contributed by atoms with Gasteiger partial charge >= 0.3 is 6.16 Å². The number of hydrogen-bond acceptors (Lipinski definition) is 3. The number of carbonyl (C=O) groups is 1. The van der Waals surface area contributed by atoms with Crippen molar-refractivity contribution < 1.29 is 14.3 Å². The molecule has 1 rings (SSSR count). The Hall–Kier alpha value is -1.77. The summed E-state index contributed by atoms with van der Waals surface area (Å²) in [7, 11) is 0. The smallest absolute Gasteiger partial charge is 0.434 e. The third-order valence-corrected chi connectivity index (χ3v) is 2.17. The predicted molar refractivity (Wildman–Crippen MR) is 66.6 cm³/mol. The molecule has 3 nitrogen and oxygen atoms in total. The largest absolute Gasteiger partial charge is 0.508 e. The normalized spacial score (nSPS) is 9.71. The van der Waals surface area contributed by atoms with Crippen LogP contribution >= 0.6 is 0 Å². The van der Waals surface area contributed by atoms with Crippen LogP contribution in [0.5, 0.6) is 0 Å². The third kappa shape index (κ3) is 6.40. The summed E-state index contributed by atoms with van der Waals surface area (Å²) < 4.78 is 9.86. The summed E-state index contributed by atoms with van der Waals surface area (Å²) in [6.07, 6.45) is 1.04. The fourth-order valence-electron chi connectivity index (χ4n) is 1.29. The van der Waals surface area contributed by atoms with Gasteiger partial charge in [0.1, 0.15) is 6.61 Å². The molecule has 0 saturated carbocycles. The molecule has 0 spiro atoms. The molecule has 0 aliphatic carbocycles. The van der Waals surface area contributed by atoms with Crippen molar-refractivity contribution in [2.75, 3.05) is 6.61 Å². The average Bonchev–Trinajstić information content (AvgIpc) is 2.33. The Balaban J connectivity index is 2.11. The van der Waals surface area contributed by atoms with E-state index in [2.05, 4.69) is 6.58 Å². The second kappa shape index (κ2) is 7.49. The molecule has 0 aliphatic rings. The van der Waals surface area contributed by atoms with Crippen LogP contribution in [0.15, 0.2) is 42.5 Å². The summed E-state index contributed by atoms with van der Waals surface area (Å²) in [6.45, 7) is 6.35. The highest BCUT2D eigenvalue weighted by molar-refractivity contribution is 5.59. The van der Waals surface area contributed by atoms with Gasteiger partial charge in [-0.05, 0) is 25.3 Å². The zero-order chi connectivity index (χ0) is 12.5. The van der Waals surface area contributed by atoms with Gasteiger partial charge in [0.25, 0.3) is 0 Å². The Morgan fingerprint density at radius 1 is 1.24 bits per heavy atom. The molecule has 92 valence electrons. The molecule has 0 bridgehead atoms. The molecule has 1 aromatic rings. The standard InChI is InChI=1S/C14H18O3/c1-12(2)7-6-10-16-14(15)17-11-13-8-4-3-5-9-13/h3-5,8-9H,1,6-7,10-11H2,2H3. The zero-order valence-electron chi connectivity index (χ0n) is 10.1. The van der Waals surface area contributed by atoms with Gasteiger partial charge in [-0.3, -0.25) is 0 Å². The lowest BCUT2D eigenvalue weighted by Crippen LogP contribution is -2.08. The van der Waals surface area contributed by atoms with E-state index in [4.69, 9.17) is 9.47 Å². The maximum Gasteiger partial charge on any atom is 0.508 e. The third-order valence-electron chi connectivity index (χ3n) is 2.17. The van der Waals surface area contributed by atoms with Gasteiger partial charge in [0.05, 0.1) is 6.61 Å². The Morgan fingerprint density at radius 2 is 1.94 bits per heavy atom. The molecule has 0 saturated heterocycles. The molecule has 0 fully saturated rings. The quantitative estimate of drug-likeness (QED) is 0.428. The van der Waals surface area contributed by atoms with Crippen molar-refractivity contribution in [3.8, 4) is 0 Å². The van der Waals surface area contributed by atoms with E-state index in [-0.39, 0.29) is 6.61 Å². The first-order chi connectivity index (χ1) is 8.18. The van der Waals surface area contributed by atoms with Gasteiger partial charge in [-0.2, -0.15) is 0 Å². The molecule has 0 radical (unpaired) electrons. The molecule has 0 N–H and O–H groups in total. The van der Waals surface area contributed by atoms with Crippen molar-refractivity contribution in [2.24, 2.45) is 0 Å². The van der Waals surface area contributed by atoms with E-state index in [0.717, 1.165) is 24.0 Å². The van der Waals surface area contributed by atoms with Crippen LogP contribution in [-0.2, 0) is 16.1 Å². The molecule has 0 heterocycles. The second-order valence-electron chi connectivity index (χ2n) is 3.93. The SMILES string of the molecule is C=C(C)CCCOC(=O)OCc1ccccc1. The second-order valence-corrected chi connectivity index (χ2v) is 3.93. The highest BCUT2D eigenvalue weighted by Gasteiger charge is 2.03. The Morgan fingerprint density at radius 3 is 2.59 bits per heavy atom. The van der Waals surface area contributed by atoms with Crippen LogP contribution in [0.4, 0.5) is 4.79 Å². The average molecular weight is 234 g/mol. The van der Waals surface area contributed by atoms with Crippen molar-refractivity contribution in [3.05, 3.63) is 48.0 Å². The van der Waals surface area contributed by atoms with Gasteiger partial charge < -0.3 is 9.47 Å². The van der Waals surface area contributed by atoms with Gasteiger partial charge in [0.15, 0.2) is 0 Å². The fourth-order valence-corrected chi connectivity index (χ4v) is 1.29. The molecule has 3 heteroatoms. The minimum Gasteiger partial charge on any atom is -0.434 e. The fraction of sp³-hybridized carbons (Fsp3) is 0.357. The van der Waals surface area contributed by atoms with Crippen molar-refractivity contribution in [1.29, 1.82) is 0 Å². The predicted octanol–water partition coefficient (Wildman–Crippen LogP) is 3.70. The minimum absolute atomic E-state index is 0.250. The molecule has 0 aliphatic heterocycles. The van der Waals surface area contributed by atoms with E-state index in [1.165, 1.54) is 0 Å². The zero-order valence-corrected chi connectivity index (χ0v) is 10.1. The van der Waals surface area contributed by atoms with E-state index in [9.17, 15) is 4.79 Å². The van der Waals surface area contributed by atoms with Crippen molar-refractivity contribution in [3.63, 3.8) is 0 Å². The first kappa shape index (κ1) is 13.3. The molecule has 1 aromatic carbocycles. The number of rotatable bonds is 6. The van der Waals surface area contributed by atoms with Crippen LogP contribution in [-0.4, -0.2) is 12.8 Å². The van der Waals surface area contributed by atoms with Gasteiger partial charge in [0.2, 0.25) is 0 Å². The number of hydrogen-bond donors (Lipinski definition) is 0. The molecular formula is C14H18O3. The number of benzene rings is 1. The van der Waals surface area contributed by atoms with Crippen LogP contribution in [0.25, 0.3) is 0 Å². The molecular weight excluding hydrogens is 216 g/mol. The summed E-state index contributed by atoms with van der Waals surface area (Å²) in [4.78, 5) is 11.2. The highest BCUT2D eigenvalue weighted by Crippen LogP contribution is 2.03. The number of ether oxygens (including phenoxy) is 2. The lowest BCUT2D eigenvalue weighted by molar-refractivity contribution is 0.0492. The maximum atomic E-state index is 11.2. The van der Waals surface area contributed by atoms with E-state index < -0.39 is 6.16 Å². The van der Waals surface area contributed by atoms with Crippen molar-refractivity contribution >= 4 is 6.16 Å². The maximum absolute atomic E-state index is 11.2. The van der Waals surface area contributed by atoms with Crippen LogP contribution < -0.4 is 0 Å². The molecule has 0 aromatic heterocycles. The summed E-state index contributed by atoms with van der Waals surface area (Å²) in [5, 5.41) is 0. The first-order valence-electron chi connectivity index (χ1n) is 5.66. The Bertz CT molecular complexity index is 357. The van der Waals surface area contributed by atoms with Crippen molar-refractivity contribution in [2.45, 2.75) is 26.4 Å². The lowest BCUT2D eigenvalue weighted by Gasteiger charge is -2.06. The monoisotopic (exact) mass is 234 g/mol. The van der Waals surface area contributed by atoms with Crippen molar-refractivity contribution in [1.82, 2.24) is 0 Å². The van der Waals surface area contributed by atoms with Crippen LogP contribution in [0.3, 0.4) is 0 Å². The summed E-state index contributed by atoms with van der Waals surface area (Å²) in [5.74, 6) is 0. The summed E-state index contributed by atoms with van der Waals surface area (Å²) in [6, 6.07) is 9.51. The van der Waals surface area contributed by atoms with Crippen LogP contribution in [0.2, 0.25) is 0 Å². The summed E-state index contributed by atoms with van der Waals surface area (Å²) >= 11 is 0. The van der Waals surface area contributed by atoms with E-state index >= 15 is 0 Å². The van der Waals surface area contributed by atoms with Gasteiger partial charge in [-0.1, -0.05) is 35.9 Å². The summed E-state index contributed by atoms with van der Waals surface area (Å²) in [5.41, 5.74) is 2.04. The minimum atomic E-state index is -0.615. The lowest BCUT2D eigenvalue weighted by atomic mass is 10.2. The van der Waals surface area contributed by atoms with Gasteiger partial charge in [-0.25, -0.2) is 4.79 Å². The van der Waals surface area contributed by atoms with E-state index in [1.54, 1.807) is 0 Å². The molecule has 0 amide bonds. The molecule has 0 unspecified atom stereocenters. The van der Waals surface area contributed by atoms with Gasteiger partial charge in [0, 0.05) is 0 Å². The first-order valence-corrected chi connectivity index (χ1v) is 5.66. The number of allylic oxidation sites excluding steroid dienone is 1. The molecule has 17 heavy (non-hydrogen) atoms. The topological polar surface area (TPSA) is 35.5 Å². The Labute approximate surface area is 102 Å². The Kier molecular flexibility index (Phi) is 5.86.